The van der Waals surface area contributed by atoms with Crippen molar-refractivity contribution in [2.75, 3.05) is 34.9 Å². The van der Waals surface area contributed by atoms with Gasteiger partial charge in [0.15, 0.2) is 11.6 Å². The minimum Gasteiger partial charge on any atom is -0.353 e. The van der Waals surface area contributed by atoms with Crippen LogP contribution >= 0.6 is 11.8 Å². The zero-order valence-electron chi connectivity index (χ0n) is 11.8. The van der Waals surface area contributed by atoms with Crippen LogP contribution in [0.25, 0.3) is 0 Å². The Morgan fingerprint density at radius 2 is 1.70 bits per heavy atom. The number of anilines is 2. The van der Waals surface area contributed by atoms with Crippen LogP contribution in [-0.4, -0.2) is 39.5 Å². The molecule has 0 saturated carbocycles. The molecule has 5 nitrogen and oxygen atoms in total. The van der Waals surface area contributed by atoms with E-state index in [2.05, 4.69) is 46.5 Å². The Labute approximate surface area is 123 Å². The van der Waals surface area contributed by atoms with E-state index in [1.807, 2.05) is 28.6 Å². The van der Waals surface area contributed by atoms with Crippen LogP contribution in [0.2, 0.25) is 0 Å². The van der Waals surface area contributed by atoms with Crippen molar-refractivity contribution < 1.29 is 0 Å². The normalized spacial score (nSPS) is 15.4. The van der Waals surface area contributed by atoms with Crippen LogP contribution in [0, 0.1) is 13.8 Å². The van der Waals surface area contributed by atoms with E-state index in [9.17, 15) is 0 Å². The first-order valence-electron chi connectivity index (χ1n) is 6.82. The highest BCUT2D eigenvalue weighted by Gasteiger charge is 2.12. The molecule has 106 valence electrons. The molecule has 2 aromatic rings. The number of aryl methyl sites for hydroxylation is 2. The molecule has 1 fully saturated rings. The van der Waals surface area contributed by atoms with Gasteiger partial charge in [0.25, 0.3) is 0 Å². The number of hydrogen-bond acceptors (Lipinski definition) is 5. The third-order valence-corrected chi connectivity index (χ3v) is 4.43. The Kier molecular flexibility index (Phi) is 3.82. The van der Waals surface area contributed by atoms with Crippen molar-refractivity contribution in [3.8, 4) is 0 Å². The lowest BCUT2D eigenvalue weighted by atomic mass is 10.4. The molecule has 1 aliphatic rings. The SMILES string of the molecule is Cc1ccc(C)n1Nc1ccc(N2CCSCC2)nn1. The highest BCUT2D eigenvalue weighted by Crippen LogP contribution is 2.17. The summed E-state index contributed by atoms with van der Waals surface area (Å²) in [4.78, 5) is 2.29. The Morgan fingerprint density at radius 1 is 1.00 bits per heavy atom. The Morgan fingerprint density at radius 3 is 2.30 bits per heavy atom. The first-order valence-corrected chi connectivity index (χ1v) is 7.98. The highest BCUT2D eigenvalue weighted by atomic mass is 32.2. The van der Waals surface area contributed by atoms with Crippen molar-refractivity contribution in [1.82, 2.24) is 14.9 Å². The first-order chi connectivity index (χ1) is 9.74. The average molecular weight is 289 g/mol. The predicted molar refractivity (Wildman–Crippen MR) is 84.5 cm³/mol. The van der Waals surface area contributed by atoms with Gasteiger partial charge in [-0.05, 0) is 38.1 Å². The van der Waals surface area contributed by atoms with Gasteiger partial charge in [-0.2, -0.15) is 11.8 Å². The van der Waals surface area contributed by atoms with E-state index in [0.29, 0.717) is 0 Å². The highest BCUT2D eigenvalue weighted by molar-refractivity contribution is 7.99. The van der Waals surface area contributed by atoms with Gasteiger partial charge >= 0.3 is 0 Å². The van der Waals surface area contributed by atoms with Crippen LogP contribution in [0.3, 0.4) is 0 Å². The molecule has 3 heterocycles. The third kappa shape index (κ3) is 2.75. The van der Waals surface area contributed by atoms with Crippen LogP contribution in [0.1, 0.15) is 11.4 Å². The average Bonchev–Trinajstić information content (AvgIpc) is 2.81. The van der Waals surface area contributed by atoms with Crippen LogP contribution in [-0.2, 0) is 0 Å². The van der Waals surface area contributed by atoms with Crippen molar-refractivity contribution in [2.45, 2.75) is 13.8 Å². The Hall–Kier alpha value is -1.69. The van der Waals surface area contributed by atoms with Crippen LogP contribution in [0.4, 0.5) is 11.6 Å². The fraction of sp³-hybridized carbons (Fsp3) is 0.429. The number of nitrogens with one attached hydrogen (secondary N) is 1. The molecule has 3 rings (SSSR count). The summed E-state index contributed by atoms with van der Waals surface area (Å²) < 4.78 is 2.02. The molecular weight excluding hydrogens is 270 g/mol. The molecular formula is C14H19N5S. The molecule has 20 heavy (non-hydrogen) atoms. The Balaban J connectivity index is 1.73. The van der Waals surface area contributed by atoms with E-state index >= 15 is 0 Å². The summed E-state index contributed by atoms with van der Waals surface area (Å²) in [6.07, 6.45) is 0. The van der Waals surface area contributed by atoms with Crippen molar-refractivity contribution in [3.63, 3.8) is 0 Å². The topological polar surface area (TPSA) is 46.0 Å². The smallest absolute Gasteiger partial charge is 0.167 e. The van der Waals surface area contributed by atoms with Gasteiger partial charge in [0, 0.05) is 36.0 Å². The maximum absolute atomic E-state index is 4.33. The van der Waals surface area contributed by atoms with Crippen molar-refractivity contribution in [1.29, 1.82) is 0 Å². The summed E-state index contributed by atoms with van der Waals surface area (Å²) >= 11 is 2.00. The summed E-state index contributed by atoms with van der Waals surface area (Å²) in [6, 6.07) is 8.19. The van der Waals surface area contributed by atoms with E-state index in [1.54, 1.807) is 0 Å². The number of rotatable bonds is 3. The van der Waals surface area contributed by atoms with Gasteiger partial charge in [0.05, 0.1) is 0 Å². The molecule has 2 aromatic heterocycles. The quantitative estimate of drug-likeness (QED) is 0.939. The lowest BCUT2D eigenvalue weighted by Gasteiger charge is -2.26. The standard InChI is InChI=1S/C14H19N5S/c1-11-3-4-12(2)19(11)17-13-5-6-14(16-15-13)18-7-9-20-10-8-18/h3-6H,7-10H2,1-2H3,(H,15,17). The second-order valence-electron chi connectivity index (χ2n) is 4.94. The van der Waals surface area contributed by atoms with Gasteiger partial charge in [-0.1, -0.05) is 0 Å². The van der Waals surface area contributed by atoms with Gasteiger partial charge in [-0.3, -0.25) is 10.1 Å². The van der Waals surface area contributed by atoms with Gasteiger partial charge in [-0.15, -0.1) is 10.2 Å². The van der Waals surface area contributed by atoms with Crippen LogP contribution in [0.15, 0.2) is 24.3 Å². The number of aromatic nitrogens is 3. The molecule has 0 unspecified atom stereocenters. The van der Waals surface area contributed by atoms with Crippen molar-refractivity contribution in [3.05, 3.63) is 35.7 Å². The molecule has 0 aliphatic carbocycles. The number of hydrogen-bond donors (Lipinski definition) is 1. The summed E-state index contributed by atoms with van der Waals surface area (Å²) in [7, 11) is 0. The third-order valence-electron chi connectivity index (χ3n) is 3.48. The minimum absolute atomic E-state index is 0.766. The molecule has 0 amide bonds. The fourth-order valence-corrected chi connectivity index (χ4v) is 3.21. The molecule has 0 bridgehead atoms. The monoisotopic (exact) mass is 289 g/mol. The maximum atomic E-state index is 4.33. The zero-order chi connectivity index (χ0) is 13.9. The van der Waals surface area contributed by atoms with E-state index in [-0.39, 0.29) is 0 Å². The molecule has 1 saturated heterocycles. The molecule has 6 heteroatoms. The second kappa shape index (κ2) is 5.75. The van der Waals surface area contributed by atoms with Gasteiger partial charge in [-0.25, -0.2) is 0 Å². The largest absolute Gasteiger partial charge is 0.353 e. The maximum Gasteiger partial charge on any atom is 0.167 e. The molecule has 1 aliphatic heterocycles. The van der Waals surface area contributed by atoms with E-state index in [4.69, 9.17) is 0 Å². The first kappa shape index (κ1) is 13.3. The molecule has 0 aromatic carbocycles. The van der Waals surface area contributed by atoms with Gasteiger partial charge < -0.3 is 4.90 Å². The minimum atomic E-state index is 0.766. The predicted octanol–water partition coefficient (Wildman–Crippen LogP) is 2.32. The zero-order valence-corrected chi connectivity index (χ0v) is 12.7. The number of thioether (sulfide) groups is 1. The lowest BCUT2D eigenvalue weighted by Crippen LogP contribution is -2.33. The van der Waals surface area contributed by atoms with Gasteiger partial charge in [0.2, 0.25) is 0 Å². The van der Waals surface area contributed by atoms with Gasteiger partial charge in [0.1, 0.15) is 0 Å². The molecule has 0 atom stereocenters. The fourth-order valence-electron chi connectivity index (χ4n) is 2.31. The van der Waals surface area contributed by atoms with Crippen molar-refractivity contribution >= 4 is 23.4 Å². The summed E-state index contributed by atoms with van der Waals surface area (Å²) in [5, 5.41) is 8.61. The molecule has 0 radical (unpaired) electrons. The Bertz CT molecular complexity index is 552. The lowest BCUT2D eigenvalue weighted by molar-refractivity contribution is 0.809. The summed E-state index contributed by atoms with van der Waals surface area (Å²) in [5.41, 5.74) is 5.58. The summed E-state index contributed by atoms with van der Waals surface area (Å²) in [6.45, 7) is 6.24. The van der Waals surface area contributed by atoms with Crippen LogP contribution in [0.5, 0.6) is 0 Å². The van der Waals surface area contributed by atoms with E-state index < -0.39 is 0 Å². The molecule has 0 spiro atoms. The summed E-state index contributed by atoms with van der Waals surface area (Å²) in [5.74, 6) is 4.08. The van der Waals surface area contributed by atoms with E-state index in [1.165, 1.54) is 11.5 Å². The second-order valence-corrected chi connectivity index (χ2v) is 6.16. The van der Waals surface area contributed by atoms with E-state index in [0.717, 1.165) is 36.1 Å². The van der Waals surface area contributed by atoms with Crippen molar-refractivity contribution in [2.24, 2.45) is 0 Å². The van der Waals surface area contributed by atoms with Crippen LogP contribution < -0.4 is 10.3 Å². The number of nitrogens with zero attached hydrogens (tertiary/aromatic N) is 4. The molecule has 1 N–H and O–H groups in total.